The lowest BCUT2D eigenvalue weighted by Crippen LogP contribution is -2.04. The molecule has 0 saturated heterocycles. The number of hydrogen-bond acceptors (Lipinski definition) is 2. The quantitative estimate of drug-likeness (QED) is 0.450. The molecular weight excluding hydrogens is 125 g/mol. The average Bonchev–Trinajstić information content (AvgIpc) is 2.33. The van der Waals surface area contributed by atoms with Crippen molar-refractivity contribution in [3.63, 3.8) is 0 Å². The van der Waals surface area contributed by atoms with E-state index < -0.39 is 0 Å². The molecule has 0 spiro atoms. The highest BCUT2D eigenvalue weighted by atomic mass is 15.3. The number of pyridine rings is 1. The summed E-state index contributed by atoms with van der Waals surface area (Å²) < 4.78 is 1.63. The van der Waals surface area contributed by atoms with Gasteiger partial charge in [0.15, 0.2) is 5.65 Å². The Labute approximate surface area is 59.1 Å². The van der Waals surface area contributed by atoms with Crippen LogP contribution < -0.4 is 5.46 Å². The second-order valence-corrected chi connectivity index (χ2v) is 2.03. The summed E-state index contributed by atoms with van der Waals surface area (Å²) in [6.07, 6.45) is 3.22. The minimum Gasteiger partial charge on any atom is -0.222 e. The standard InChI is InChI=1S/C6H4BN3/c7-5-1-2-6-8-4-9-10(6)3-5/h1-4H. The van der Waals surface area contributed by atoms with Gasteiger partial charge in [-0.2, -0.15) is 5.10 Å². The molecular formula is C6H4BN3. The van der Waals surface area contributed by atoms with Crippen molar-refractivity contribution in [2.24, 2.45) is 0 Å². The summed E-state index contributed by atoms with van der Waals surface area (Å²) in [5.74, 6) is 0. The summed E-state index contributed by atoms with van der Waals surface area (Å²) in [6, 6.07) is 3.62. The summed E-state index contributed by atoms with van der Waals surface area (Å²) in [5.41, 5.74) is 1.51. The van der Waals surface area contributed by atoms with Gasteiger partial charge in [-0.15, -0.1) is 0 Å². The molecule has 0 fully saturated rings. The third-order valence-corrected chi connectivity index (χ3v) is 1.30. The first-order valence-electron chi connectivity index (χ1n) is 2.91. The summed E-state index contributed by atoms with van der Waals surface area (Å²) in [4.78, 5) is 3.96. The first kappa shape index (κ1) is 5.47. The average molecular weight is 129 g/mol. The van der Waals surface area contributed by atoms with Crippen LogP contribution in [0.3, 0.4) is 0 Å². The van der Waals surface area contributed by atoms with Crippen molar-refractivity contribution in [3.8, 4) is 0 Å². The van der Waals surface area contributed by atoms with Crippen molar-refractivity contribution in [1.29, 1.82) is 0 Å². The molecule has 10 heavy (non-hydrogen) atoms. The van der Waals surface area contributed by atoms with Crippen molar-refractivity contribution in [1.82, 2.24) is 14.6 Å². The molecule has 2 aromatic heterocycles. The Bertz CT molecular complexity index is 355. The lowest BCUT2D eigenvalue weighted by atomic mass is 9.99. The molecule has 0 bridgehead atoms. The van der Waals surface area contributed by atoms with Crippen molar-refractivity contribution < 1.29 is 0 Å². The van der Waals surface area contributed by atoms with Gasteiger partial charge in [0.05, 0.1) is 0 Å². The number of hydrogen-bond donors (Lipinski definition) is 0. The zero-order valence-electron chi connectivity index (χ0n) is 5.23. The predicted octanol–water partition coefficient (Wildman–Crippen LogP) is -0.477. The normalized spacial score (nSPS) is 10.4. The molecule has 2 aromatic rings. The highest BCUT2D eigenvalue weighted by Gasteiger charge is 1.91. The van der Waals surface area contributed by atoms with Crippen LogP contribution in [0.5, 0.6) is 0 Å². The SMILES string of the molecule is [B]c1ccc2ncnn2c1. The number of nitrogens with zero attached hydrogens (tertiary/aromatic N) is 3. The Balaban J connectivity index is 2.86. The third kappa shape index (κ3) is 0.691. The minimum atomic E-state index is 0.693. The number of rotatable bonds is 0. The minimum absolute atomic E-state index is 0.693. The number of fused-ring (bicyclic) bond motifs is 1. The fourth-order valence-corrected chi connectivity index (χ4v) is 0.833. The van der Waals surface area contributed by atoms with E-state index >= 15 is 0 Å². The van der Waals surface area contributed by atoms with Crippen LogP contribution in [0.25, 0.3) is 5.65 Å². The van der Waals surface area contributed by atoms with Crippen molar-refractivity contribution >= 4 is 19.0 Å². The fraction of sp³-hybridized carbons (Fsp3) is 0. The summed E-state index contributed by atoms with van der Waals surface area (Å²) in [6.45, 7) is 0. The van der Waals surface area contributed by atoms with Gasteiger partial charge >= 0.3 is 0 Å². The highest BCUT2D eigenvalue weighted by molar-refractivity contribution is 6.32. The fourth-order valence-electron chi connectivity index (χ4n) is 0.833. The van der Waals surface area contributed by atoms with E-state index in [4.69, 9.17) is 7.85 Å². The van der Waals surface area contributed by atoms with E-state index in [0.29, 0.717) is 5.46 Å². The van der Waals surface area contributed by atoms with E-state index in [-0.39, 0.29) is 0 Å². The van der Waals surface area contributed by atoms with Gasteiger partial charge in [-0.1, -0.05) is 11.5 Å². The molecule has 4 heteroatoms. The Hall–Kier alpha value is -1.32. The second-order valence-electron chi connectivity index (χ2n) is 2.03. The zero-order valence-corrected chi connectivity index (χ0v) is 5.23. The molecule has 0 atom stereocenters. The monoisotopic (exact) mass is 129 g/mol. The van der Waals surface area contributed by atoms with Crippen LogP contribution in [0.2, 0.25) is 0 Å². The topological polar surface area (TPSA) is 30.2 Å². The molecule has 2 radical (unpaired) electrons. The molecule has 0 N–H and O–H groups in total. The van der Waals surface area contributed by atoms with Gasteiger partial charge in [0.25, 0.3) is 0 Å². The van der Waals surface area contributed by atoms with Gasteiger partial charge in [-0.3, -0.25) is 0 Å². The molecule has 0 unspecified atom stereocenters. The maximum atomic E-state index is 5.49. The van der Waals surface area contributed by atoms with Gasteiger partial charge in [0, 0.05) is 6.20 Å². The van der Waals surface area contributed by atoms with E-state index in [9.17, 15) is 0 Å². The van der Waals surface area contributed by atoms with Crippen LogP contribution >= 0.6 is 0 Å². The summed E-state index contributed by atoms with van der Waals surface area (Å²) >= 11 is 0. The largest absolute Gasteiger partial charge is 0.222 e. The van der Waals surface area contributed by atoms with Gasteiger partial charge in [0.2, 0.25) is 0 Å². The highest BCUT2D eigenvalue weighted by Crippen LogP contribution is 1.91. The van der Waals surface area contributed by atoms with Crippen molar-refractivity contribution in [2.75, 3.05) is 0 Å². The van der Waals surface area contributed by atoms with E-state index in [1.54, 1.807) is 16.8 Å². The van der Waals surface area contributed by atoms with Crippen LogP contribution in [0.15, 0.2) is 24.7 Å². The van der Waals surface area contributed by atoms with Gasteiger partial charge in [-0.25, -0.2) is 9.50 Å². The molecule has 2 rings (SSSR count). The lowest BCUT2D eigenvalue weighted by Gasteiger charge is -1.91. The van der Waals surface area contributed by atoms with E-state index in [1.165, 1.54) is 6.33 Å². The van der Waals surface area contributed by atoms with Crippen LogP contribution in [-0.2, 0) is 0 Å². The molecule has 0 aliphatic heterocycles. The third-order valence-electron chi connectivity index (χ3n) is 1.30. The van der Waals surface area contributed by atoms with Crippen LogP contribution in [0.1, 0.15) is 0 Å². The predicted molar refractivity (Wildman–Crippen MR) is 38.4 cm³/mol. The molecule has 3 nitrogen and oxygen atoms in total. The first-order valence-corrected chi connectivity index (χ1v) is 2.91. The smallest absolute Gasteiger partial charge is 0.155 e. The molecule has 0 aliphatic carbocycles. The molecule has 2 heterocycles. The Morgan fingerprint density at radius 3 is 3.20 bits per heavy atom. The number of aromatic nitrogens is 3. The lowest BCUT2D eigenvalue weighted by molar-refractivity contribution is 0.966. The Morgan fingerprint density at radius 1 is 1.40 bits per heavy atom. The van der Waals surface area contributed by atoms with E-state index in [1.807, 2.05) is 6.07 Å². The van der Waals surface area contributed by atoms with Crippen LogP contribution in [-0.4, -0.2) is 22.4 Å². The summed E-state index contributed by atoms with van der Waals surface area (Å²) in [5, 5.41) is 3.91. The maximum absolute atomic E-state index is 5.49. The van der Waals surface area contributed by atoms with Gasteiger partial charge < -0.3 is 0 Å². The molecule has 0 amide bonds. The van der Waals surface area contributed by atoms with Gasteiger partial charge in [0.1, 0.15) is 14.2 Å². The summed E-state index contributed by atoms with van der Waals surface area (Å²) in [7, 11) is 5.49. The Morgan fingerprint density at radius 2 is 2.30 bits per heavy atom. The molecule has 0 aliphatic rings. The van der Waals surface area contributed by atoms with Crippen molar-refractivity contribution in [3.05, 3.63) is 24.7 Å². The first-order chi connectivity index (χ1) is 4.86. The second kappa shape index (κ2) is 1.83. The zero-order chi connectivity index (χ0) is 6.97. The maximum Gasteiger partial charge on any atom is 0.155 e. The molecule has 0 aromatic carbocycles. The van der Waals surface area contributed by atoms with Crippen LogP contribution in [0, 0.1) is 0 Å². The van der Waals surface area contributed by atoms with Crippen LogP contribution in [0.4, 0.5) is 0 Å². The van der Waals surface area contributed by atoms with Crippen molar-refractivity contribution in [2.45, 2.75) is 0 Å². The van der Waals surface area contributed by atoms with E-state index in [2.05, 4.69) is 10.1 Å². The van der Waals surface area contributed by atoms with Gasteiger partial charge in [-0.05, 0) is 6.07 Å². The molecule has 46 valence electrons. The Kier molecular flexibility index (Phi) is 1.00. The molecule has 0 saturated carbocycles. The van der Waals surface area contributed by atoms with E-state index in [0.717, 1.165) is 5.65 Å².